The highest BCUT2D eigenvalue weighted by Crippen LogP contribution is 2.29. The van der Waals surface area contributed by atoms with Gasteiger partial charge in [0.25, 0.3) is 5.91 Å². The molecule has 0 fully saturated rings. The van der Waals surface area contributed by atoms with Crippen LogP contribution in [0.1, 0.15) is 53.7 Å². The maximum Gasteiger partial charge on any atom is 0.308 e. The van der Waals surface area contributed by atoms with Crippen molar-refractivity contribution in [3.05, 3.63) is 89.0 Å². The summed E-state index contributed by atoms with van der Waals surface area (Å²) in [4.78, 5) is 47.4. The molecule has 7 nitrogen and oxygen atoms in total. The van der Waals surface area contributed by atoms with Crippen molar-refractivity contribution in [3.8, 4) is 11.5 Å². The number of ether oxygens (including phenoxy) is 2. The Bertz CT molecular complexity index is 1250. The second-order valence-electron chi connectivity index (χ2n) is 8.52. The van der Waals surface area contributed by atoms with Crippen molar-refractivity contribution in [2.75, 3.05) is 5.32 Å². The molecule has 0 saturated carbocycles. The molecule has 0 aliphatic rings. The van der Waals surface area contributed by atoms with Crippen molar-refractivity contribution in [2.24, 2.45) is 0 Å². The van der Waals surface area contributed by atoms with E-state index in [1.165, 1.54) is 13.8 Å². The first-order valence-electron chi connectivity index (χ1n) is 11.7. The van der Waals surface area contributed by atoms with Gasteiger partial charge in [0.2, 0.25) is 0 Å². The molecule has 0 saturated heterocycles. The highest BCUT2D eigenvalue weighted by atomic mass is 16.6. The van der Waals surface area contributed by atoms with Gasteiger partial charge >= 0.3 is 11.9 Å². The number of carbonyl (C=O) groups excluding carboxylic acids is 4. The van der Waals surface area contributed by atoms with Gasteiger partial charge in [-0.3, -0.25) is 19.2 Å². The van der Waals surface area contributed by atoms with E-state index in [1.807, 2.05) is 43.3 Å². The number of nitrogens with one attached hydrogen (secondary N) is 1. The fraction of sp³-hybridized carbons (Fsp3) is 0.241. The van der Waals surface area contributed by atoms with Crippen LogP contribution in [0.4, 0.5) is 5.69 Å². The van der Waals surface area contributed by atoms with Gasteiger partial charge in [-0.25, -0.2) is 0 Å². The Morgan fingerprint density at radius 1 is 0.694 bits per heavy atom. The maximum atomic E-state index is 12.4. The molecular weight excluding hydrogens is 458 g/mol. The predicted molar refractivity (Wildman–Crippen MR) is 136 cm³/mol. The van der Waals surface area contributed by atoms with Crippen LogP contribution in [0.5, 0.6) is 11.5 Å². The first kappa shape index (κ1) is 26.3. The first-order valence-corrected chi connectivity index (χ1v) is 11.7. The second-order valence-corrected chi connectivity index (χ2v) is 8.52. The van der Waals surface area contributed by atoms with Crippen LogP contribution >= 0.6 is 0 Å². The third kappa shape index (κ3) is 8.20. The number of Topliss-reactive ketones (excluding diaryl/α,β-unsaturated/α-hetero) is 1. The minimum Gasteiger partial charge on any atom is -0.423 e. The van der Waals surface area contributed by atoms with Gasteiger partial charge in [-0.1, -0.05) is 35.9 Å². The summed E-state index contributed by atoms with van der Waals surface area (Å²) in [6.45, 7) is 4.49. The standard InChI is InChI=1S/C29H29NO6/c1-19-4-11-24(12-5-19)29(34)30-25-13-6-22(7-14-25)8-15-26(33)16-9-23-10-17-27(35-20(2)31)28(18-23)36-21(3)32/h4-7,10-14,17-18H,8-9,15-16H2,1-3H3,(H,30,34). The van der Waals surface area contributed by atoms with Gasteiger partial charge in [-0.15, -0.1) is 0 Å². The van der Waals surface area contributed by atoms with E-state index in [0.717, 1.165) is 16.7 Å². The predicted octanol–water partition coefficient (Wildman–Crippen LogP) is 5.23. The molecule has 0 unspecified atom stereocenters. The van der Waals surface area contributed by atoms with Crippen molar-refractivity contribution >= 4 is 29.3 Å². The van der Waals surface area contributed by atoms with Gasteiger partial charge in [0, 0.05) is 37.9 Å². The van der Waals surface area contributed by atoms with Crippen molar-refractivity contribution in [3.63, 3.8) is 0 Å². The molecular formula is C29H29NO6. The van der Waals surface area contributed by atoms with Crippen molar-refractivity contribution in [1.29, 1.82) is 0 Å². The molecule has 1 amide bonds. The largest absolute Gasteiger partial charge is 0.423 e. The van der Waals surface area contributed by atoms with E-state index in [2.05, 4.69) is 5.32 Å². The third-order valence-electron chi connectivity index (χ3n) is 5.43. The minimum absolute atomic E-state index is 0.102. The maximum absolute atomic E-state index is 12.4. The smallest absolute Gasteiger partial charge is 0.308 e. The normalized spacial score (nSPS) is 10.4. The average molecular weight is 488 g/mol. The van der Waals surface area contributed by atoms with Gasteiger partial charge in [-0.2, -0.15) is 0 Å². The molecule has 186 valence electrons. The van der Waals surface area contributed by atoms with E-state index < -0.39 is 11.9 Å². The molecule has 0 aliphatic heterocycles. The van der Waals surface area contributed by atoms with Crippen molar-refractivity contribution in [2.45, 2.75) is 46.5 Å². The number of rotatable bonds is 10. The zero-order valence-corrected chi connectivity index (χ0v) is 20.6. The van der Waals surface area contributed by atoms with Crippen LogP contribution in [-0.2, 0) is 27.2 Å². The van der Waals surface area contributed by atoms with E-state index in [9.17, 15) is 19.2 Å². The number of esters is 2. The zero-order valence-electron chi connectivity index (χ0n) is 20.6. The Balaban J connectivity index is 1.49. The molecule has 0 aliphatic carbocycles. The van der Waals surface area contributed by atoms with Crippen LogP contribution in [-0.4, -0.2) is 23.6 Å². The molecule has 0 atom stereocenters. The van der Waals surface area contributed by atoms with Crippen LogP contribution in [0.25, 0.3) is 0 Å². The lowest BCUT2D eigenvalue weighted by atomic mass is 10.0. The average Bonchev–Trinajstić information content (AvgIpc) is 2.83. The molecule has 3 rings (SSSR count). The van der Waals surface area contributed by atoms with Crippen molar-refractivity contribution in [1.82, 2.24) is 0 Å². The van der Waals surface area contributed by atoms with Crippen LogP contribution in [0.15, 0.2) is 66.7 Å². The van der Waals surface area contributed by atoms with Gasteiger partial charge in [-0.05, 0) is 67.3 Å². The van der Waals surface area contributed by atoms with E-state index in [1.54, 1.807) is 30.3 Å². The first-order chi connectivity index (χ1) is 17.2. The number of amides is 1. The number of hydrogen-bond acceptors (Lipinski definition) is 6. The van der Waals surface area contributed by atoms with Crippen LogP contribution in [0, 0.1) is 6.92 Å². The van der Waals surface area contributed by atoms with E-state index in [0.29, 0.717) is 36.9 Å². The summed E-state index contributed by atoms with van der Waals surface area (Å²) in [5.74, 6) is -0.811. The molecule has 3 aromatic carbocycles. The highest BCUT2D eigenvalue weighted by molar-refractivity contribution is 6.04. The Morgan fingerprint density at radius 2 is 1.25 bits per heavy atom. The minimum atomic E-state index is -0.530. The van der Waals surface area contributed by atoms with Crippen molar-refractivity contribution < 1.29 is 28.7 Å². The Hall–Kier alpha value is -4.26. The summed E-state index contributed by atoms with van der Waals surface area (Å²) in [5, 5.41) is 2.87. The summed E-state index contributed by atoms with van der Waals surface area (Å²) in [7, 11) is 0. The van der Waals surface area contributed by atoms with Gasteiger partial charge < -0.3 is 14.8 Å². The molecule has 0 spiro atoms. The van der Waals surface area contributed by atoms with Crippen LogP contribution in [0.2, 0.25) is 0 Å². The fourth-order valence-electron chi connectivity index (χ4n) is 3.54. The third-order valence-corrected chi connectivity index (χ3v) is 5.43. The highest BCUT2D eigenvalue weighted by Gasteiger charge is 2.12. The molecule has 0 heterocycles. The van der Waals surface area contributed by atoms with Crippen LogP contribution < -0.4 is 14.8 Å². The number of ketones is 1. The number of aryl methyl sites for hydroxylation is 3. The summed E-state index contributed by atoms with van der Waals surface area (Å²) < 4.78 is 10.2. The number of anilines is 1. The van der Waals surface area contributed by atoms with Gasteiger partial charge in [0.15, 0.2) is 11.5 Å². The molecule has 3 aromatic rings. The number of benzene rings is 3. The Kier molecular flexibility index (Phi) is 9.11. The van der Waals surface area contributed by atoms with E-state index >= 15 is 0 Å². The molecule has 36 heavy (non-hydrogen) atoms. The molecule has 7 heteroatoms. The topological polar surface area (TPSA) is 98.8 Å². The number of carbonyl (C=O) groups is 4. The lowest BCUT2D eigenvalue weighted by Gasteiger charge is -2.10. The van der Waals surface area contributed by atoms with E-state index in [4.69, 9.17) is 9.47 Å². The monoisotopic (exact) mass is 487 g/mol. The summed E-state index contributed by atoms with van der Waals surface area (Å²) in [6, 6.07) is 19.7. The zero-order chi connectivity index (χ0) is 26.1. The summed E-state index contributed by atoms with van der Waals surface area (Å²) >= 11 is 0. The molecule has 1 N–H and O–H groups in total. The molecule has 0 radical (unpaired) electrons. The molecule has 0 bridgehead atoms. The summed E-state index contributed by atoms with van der Waals surface area (Å²) in [6.07, 6.45) is 1.78. The van der Waals surface area contributed by atoms with Gasteiger partial charge in [0.05, 0.1) is 0 Å². The summed E-state index contributed by atoms with van der Waals surface area (Å²) in [5.41, 5.74) is 4.17. The quantitative estimate of drug-likeness (QED) is 0.310. The lowest BCUT2D eigenvalue weighted by molar-refractivity contribution is -0.134. The number of hydrogen-bond donors (Lipinski definition) is 1. The SMILES string of the molecule is CC(=O)Oc1ccc(CCC(=O)CCc2ccc(NC(=O)c3ccc(C)cc3)cc2)cc1OC(C)=O. The second kappa shape index (κ2) is 12.4. The Labute approximate surface area is 210 Å². The van der Waals surface area contributed by atoms with Gasteiger partial charge in [0.1, 0.15) is 5.78 Å². The lowest BCUT2D eigenvalue weighted by Crippen LogP contribution is -2.11. The Morgan fingerprint density at radius 3 is 1.86 bits per heavy atom. The molecule has 0 aromatic heterocycles. The van der Waals surface area contributed by atoms with E-state index in [-0.39, 0.29) is 23.2 Å². The van der Waals surface area contributed by atoms with Crippen LogP contribution in [0.3, 0.4) is 0 Å². The fourth-order valence-corrected chi connectivity index (χ4v) is 3.54.